The van der Waals surface area contributed by atoms with E-state index in [1.54, 1.807) is 7.05 Å². The van der Waals surface area contributed by atoms with Crippen LogP contribution >= 0.6 is 11.6 Å². The van der Waals surface area contributed by atoms with E-state index in [2.05, 4.69) is 6.92 Å². The molecule has 5 nitrogen and oxygen atoms in total. The van der Waals surface area contributed by atoms with Crippen molar-refractivity contribution in [2.75, 3.05) is 13.3 Å². The first-order valence-corrected chi connectivity index (χ1v) is 10.3. The van der Waals surface area contributed by atoms with Gasteiger partial charge in [0.25, 0.3) is 5.91 Å². The Kier molecular flexibility index (Phi) is 4.68. The van der Waals surface area contributed by atoms with Crippen LogP contribution in [-0.4, -0.2) is 32.5 Å². The average molecular weight is 382 g/mol. The highest BCUT2D eigenvalue weighted by Gasteiger charge is 2.36. The highest BCUT2D eigenvalue weighted by atomic mass is 35.5. The lowest BCUT2D eigenvalue weighted by atomic mass is 10.2. The Balaban J connectivity index is 1.75. The van der Waals surface area contributed by atoms with Gasteiger partial charge in [-0.1, -0.05) is 18.5 Å². The van der Waals surface area contributed by atoms with E-state index in [0.717, 1.165) is 18.4 Å². The van der Waals surface area contributed by atoms with Crippen LogP contribution in [-0.2, 0) is 16.4 Å². The van der Waals surface area contributed by atoms with E-state index in [9.17, 15) is 13.2 Å². The minimum atomic E-state index is -3.50. The van der Waals surface area contributed by atoms with Crippen LogP contribution in [0.3, 0.4) is 0 Å². The third-order valence-electron chi connectivity index (χ3n) is 4.47. The van der Waals surface area contributed by atoms with Gasteiger partial charge in [-0.2, -0.15) is 0 Å². The first kappa shape index (κ1) is 18.0. The van der Waals surface area contributed by atoms with E-state index in [0.29, 0.717) is 24.1 Å². The van der Waals surface area contributed by atoms with Gasteiger partial charge in [-0.3, -0.25) is 4.79 Å². The molecular weight excluding hydrogens is 362 g/mol. The van der Waals surface area contributed by atoms with E-state index < -0.39 is 9.84 Å². The number of benzene rings is 1. The maximum atomic E-state index is 12.6. The molecule has 25 heavy (non-hydrogen) atoms. The summed E-state index contributed by atoms with van der Waals surface area (Å²) >= 11 is 5.93. The van der Waals surface area contributed by atoms with Crippen LogP contribution in [0.25, 0.3) is 0 Å². The second-order valence-corrected chi connectivity index (χ2v) is 9.09. The van der Waals surface area contributed by atoms with Gasteiger partial charge >= 0.3 is 0 Å². The van der Waals surface area contributed by atoms with E-state index >= 15 is 0 Å². The Labute approximate surface area is 152 Å². The normalized spacial score (nSPS) is 19.7. The van der Waals surface area contributed by atoms with Gasteiger partial charge in [0.05, 0.1) is 16.5 Å². The van der Waals surface area contributed by atoms with Gasteiger partial charge in [-0.25, -0.2) is 8.42 Å². The largest absolute Gasteiger partial charge is 0.464 e. The quantitative estimate of drug-likeness (QED) is 0.791. The molecule has 1 amide bonds. The molecular formula is C18H20ClNO4S. The van der Waals surface area contributed by atoms with E-state index in [4.69, 9.17) is 16.0 Å². The van der Waals surface area contributed by atoms with Crippen molar-refractivity contribution in [3.8, 4) is 0 Å². The van der Waals surface area contributed by atoms with Crippen LogP contribution in [0.5, 0.6) is 0 Å². The number of nitrogens with zero attached hydrogens (tertiary/aromatic N) is 1. The van der Waals surface area contributed by atoms with Crippen LogP contribution in [0.15, 0.2) is 39.6 Å². The van der Waals surface area contributed by atoms with Crippen molar-refractivity contribution in [3.05, 3.63) is 52.4 Å². The predicted octanol–water partition coefficient (Wildman–Crippen LogP) is 3.73. The molecule has 0 unspecified atom stereocenters. The van der Waals surface area contributed by atoms with Crippen molar-refractivity contribution in [2.24, 2.45) is 5.92 Å². The summed E-state index contributed by atoms with van der Waals surface area (Å²) in [5.41, 5.74) is 0.273. The van der Waals surface area contributed by atoms with Crippen molar-refractivity contribution >= 4 is 27.3 Å². The molecule has 1 aromatic carbocycles. The predicted molar refractivity (Wildman–Crippen MR) is 95.6 cm³/mol. The summed E-state index contributed by atoms with van der Waals surface area (Å²) in [5.74, 6) is 2.53. The van der Waals surface area contributed by atoms with Gasteiger partial charge in [0.2, 0.25) is 0 Å². The molecule has 2 atom stereocenters. The van der Waals surface area contributed by atoms with Gasteiger partial charge < -0.3 is 9.32 Å². The third kappa shape index (κ3) is 3.90. The number of carbonyl (C=O) groups is 1. The molecule has 1 heterocycles. The molecule has 3 rings (SSSR count). The van der Waals surface area contributed by atoms with Crippen LogP contribution in [0.4, 0.5) is 0 Å². The topological polar surface area (TPSA) is 67.6 Å². The second-order valence-electron chi connectivity index (χ2n) is 6.70. The number of hydrogen-bond donors (Lipinski definition) is 0. The van der Waals surface area contributed by atoms with Crippen molar-refractivity contribution in [2.45, 2.75) is 30.7 Å². The Hall–Kier alpha value is -1.79. The standard InChI is InChI=1S/C18H20ClNO4S/c1-11-8-14(11)16-7-5-13(24-16)10-20(2)18(21)12-4-6-15(19)17(9-12)25(3,22)23/h4-7,9,11,14H,8,10H2,1-3H3/t11-,14+/m1/s1. The van der Waals surface area contributed by atoms with Crippen LogP contribution in [0.2, 0.25) is 5.02 Å². The zero-order chi connectivity index (χ0) is 18.4. The average Bonchev–Trinajstić information content (AvgIpc) is 3.08. The maximum Gasteiger partial charge on any atom is 0.254 e. The number of sulfone groups is 1. The molecule has 1 aliphatic rings. The van der Waals surface area contributed by atoms with Gasteiger partial charge in [0.1, 0.15) is 11.5 Å². The molecule has 1 aliphatic carbocycles. The Morgan fingerprint density at radius 1 is 1.32 bits per heavy atom. The highest BCUT2D eigenvalue weighted by molar-refractivity contribution is 7.90. The monoisotopic (exact) mass is 381 g/mol. The van der Waals surface area contributed by atoms with Crippen molar-refractivity contribution in [3.63, 3.8) is 0 Å². The van der Waals surface area contributed by atoms with Gasteiger partial charge in [0.15, 0.2) is 9.84 Å². The lowest BCUT2D eigenvalue weighted by Crippen LogP contribution is -2.26. The van der Waals surface area contributed by atoms with Crippen LogP contribution in [0.1, 0.15) is 41.1 Å². The SMILES string of the molecule is C[C@@H]1C[C@@H]1c1ccc(CN(C)C(=O)c2ccc(Cl)c(S(C)(=O)=O)c2)o1. The first-order chi connectivity index (χ1) is 11.7. The van der Waals surface area contributed by atoms with Gasteiger partial charge in [-0.05, 0) is 42.7 Å². The summed E-state index contributed by atoms with van der Waals surface area (Å²) in [5, 5.41) is 0.107. The molecule has 1 aromatic heterocycles. The van der Waals surface area contributed by atoms with E-state index in [-0.39, 0.29) is 21.4 Å². The lowest BCUT2D eigenvalue weighted by molar-refractivity contribution is 0.0774. The molecule has 1 fully saturated rings. The van der Waals surface area contributed by atoms with Crippen molar-refractivity contribution in [1.29, 1.82) is 0 Å². The van der Waals surface area contributed by atoms with E-state index in [1.807, 2.05) is 12.1 Å². The van der Waals surface area contributed by atoms with Crippen LogP contribution in [0, 0.1) is 5.92 Å². The summed E-state index contributed by atoms with van der Waals surface area (Å²) in [4.78, 5) is 14.0. The number of furan rings is 1. The van der Waals surface area contributed by atoms with E-state index in [1.165, 1.54) is 23.1 Å². The molecule has 0 bridgehead atoms. The third-order valence-corrected chi connectivity index (χ3v) is 6.05. The zero-order valence-electron chi connectivity index (χ0n) is 14.3. The number of halogens is 1. The summed E-state index contributed by atoms with van der Waals surface area (Å²) in [7, 11) is -1.85. The smallest absolute Gasteiger partial charge is 0.254 e. The fraction of sp³-hybridized carbons (Fsp3) is 0.389. The molecule has 0 spiro atoms. The summed E-state index contributed by atoms with van der Waals surface area (Å²) in [6.07, 6.45) is 2.20. The van der Waals surface area contributed by atoms with Gasteiger partial charge in [-0.15, -0.1) is 0 Å². The number of amides is 1. The molecule has 0 aliphatic heterocycles. The molecule has 1 saturated carbocycles. The molecule has 134 valence electrons. The minimum Gasteiger partial charge on any atom is -0.464 e. The second kappa shape index (κ2) is 6.50. The summed E-state index contributed by atoms with van der Waals surface area (Å²) in [6, 6.07) is 8.11. The Morgan fingerprint density at radius 2 is 2.00 bits per heavy atom. The summed E-state index contributed by atoms with van der Waals surface area (Å²) in [6.45, 7) is 2.50. The molecule has 0 radical (unpaired) electrons. The Bertz CT molecular complexity index is 919. The molecule has 2 aromatic rings. The molecule has 0 saturated heterocycles. The first-order valence-electron chi connectivity index (χ1n) is 8.00. The fourth-order valence-corrected chi connectivity index (χ4v) is 4.15. The maximum absolute atomic E-state index is 12.6. The van der Waals surface area contributed by atoms with Crippen LogP contribution < -0.4 is 0 Å². The summed E-state index contributed by atoms with van der Waals surface area (Å²) < 4.78 is 29.3. The highest BCUT2D eigenvalue weighted by Crippen LogP contribution is 2.47. The zero-order valence-corrected chi connectivity index (χ0v) is 15.9. The Morgan fingerprint density at radius 3 is 2.60 bits per heavy atom. The number of rotatable bonds is 5. The lowest BCUT2D eigenvalue weighted by Gasteiger charge is -2.16. The molecule has 0 N–H and O–H groups in total. The number of hydrogen-bond acceptors (Lipinski definition) is 4. The van der Waals surface area contributed by atoms with Crippen molar-refractivity contribution < 1.29 is 17.6 Å². The fourth-order valence-electron chi connectivity index (χ4n) is 2.84. The van der Waals surface area contributed by atoms with Gasteiger partial charge in [0, 0.05) is 24.8 Å². The van der Waals surface area contributed by atoms with Crippen molar-refractivity contribution in [1.82, 2.24) is 4.90 Å². The number of carbonyl (C=O) groups excluding carboxylic acids is 1. The minimum absolute atomic E-state index is 0.0450. The molecule has 7 heteroatoms.